The SMILES string of the molecule is COc1cc([N+](=O)[O-])ccc1NC(=O)CN(C1CC1)[C@H]1CCCc2ccccc21. The minimum Gasteiger partial charge on any atom is -0.494 e. The van der Waals surface area contributed by atoms with Crippen LogP contribution in [0.2, 0.25) is 0 Å². The van der Waals surface area contributed by atoms with Crippen LogP contribution in [0.15, 0.2) is 42.5 Å². The highest BCUT2D eigenvalue weighted by Crippen LogP contribution is 2.40. The number of amides is 1. The van der Waals surface area contributed by atoms with Crippen LogP contribution in [-0.2, 0) is 11.2 Å². The van der Waals surface area contributed by atoms with Gasteiger partial charge in [0.25, 0.3) is 5.69 Å². The van der Waals surface area contributed by atoms with Crippen LogP contribution in [0.3, 0.4) is 0 Å². The van der Waals surface area contributed by atoms with Crippen LogP contribution in [0.4, 0.5) is 11.4 Å². The molecular formula is C22H25N3O4. The van der Waals surface area contributed by atoms with E-state index >= 15 is 0 Å². The average molecular weight is 395 g/mol. The molecule has 0 radical (unpaired) electrons. The molecule has 0 heterocycles. The molecule has 1 amide bonds. The summed E-state index contributed by atoms with van der Waals surface area (Å²) in [5.41, 5.74) is 3.10. The Bertz CT molecular complexity index is 926. The lowest BCUT2D eigenvalue weighted by atomic mass is 9.86. The monoisotopic (exact) mass is 395 g/mol. The number of aryl methyl sites for hydroxylation is 1. The molecule has 0 saturated heterocycles. The van der Waals surface area contributed by atoms with Gasteiger partial charge < -0.3 is 10.1 Å². The number of ether oxygens (including phenoxy) is 1. The van der Waals surface area contributed by atoms with Crippen LogP contribution in [0.5, 0.6) is 5.75 Å². The molecule has 1 N–H and O–H groups in total. The molecule has 29 heavy (non-hydrogen) atoms. The number of methoxy groups -OCH3 is 1. The first kappa shape index (κ1) is 19.4. The molecule has 0 aromatic heterocycles. The van der Waals surface area contributed by atoms with E-state index in [1.54, 1.807) is 0 Å². The zero-order chi connectivity index (χ0) is 20.4. The number of carbonyl (C=O) groups is 1. The van der Waals surface area contributed by atoms with E-state index in [9.17, 15) is 14.9 Å². The van der Waals surface area contributed by atoms with Crippen LogP contribution < -0.4 is 10.1 Å². The van der Waals surface area contributed by atoms with Crippen LogP contribution in [-0.4, -0.2) is 35.4 Å². The molecule has 2 aliphatic carbocycles. The van der Waals surface area contributed by atoms with E-state index in [0.717, 1.165) is 32.1 Å². The second-order valence-electron chi connectivity index (χ2n) is 7.70. The molecule has 0 bridgehead atoms. The Labute approximate surface area is 169 Å². The van der Waals surface area contributed by atoms with Crippen LogP contribution in [0.1, 0.15) is 42.9 Å². The van der Waals surface area contributed by atoms with Gasteiger partial charge >= 0.3 is 0 Å². The molecule has 2 aromatic rings. The highest BCUT2D eigenvalue weighted by Gasteiger charge is 2.37. The number of benzene rings is 2. The quantitative estimate of drug-likeness (QED) is 0.564. The topological polar surface area (TPSA) is 84.7 Å². The minimum absolute atomic E-state index is 0.0710. The third-order valence-corrected chi connectivity index (χ3v) is 5.75. The lowest BCUT2D eigenvalue weighted by Gasteiger charge is -2.35. The maximum atomic E-state index is 12.9. The Hall–Kier alpha value is -2.93. The van der Waals surface area contributed by atoms with Crippen molar-refractivity contribution in [1.29, 1.82) is 0 Å². The van der Waals surface area contributed by atoms with Crippen molar-refractivity contribution in [3.05, 3.63) is 63.7 Å². The molecule has 1 fully saturated rings. The van der Waals surface area contributed by atoms with Crippen LogP contribution >= 0.6 is 0 Å². The summed E-state index contributed by atoms with van der Waals surface area (Å²) in [5, 5.41) is 13.8. The van der Waals surface area contributed by atoms with Gasteiger partial charge in [0, 0.05) is 18.2 Å². The van der Waals surface area contributed by atoms with Crippen molar-refractivity contribution in [2.75, 3.05) is 19.0 Å². The fraction of sp³-hybridized carbons (Fsp3) is 0.409. The van der Waals surface area contributed by atoms with Crippen LogP contribution in [0.25, 0.3) is 0 Å². The van der Waals surface area contributed by atoms with Crippen molar-refractivity contribution in [3.63, 3.8) is 0 Å². The van der Waals surface area contributed by atoms with Crippen LogP contribution in [0, 0.1) is 10.1 Å². The number of nitro groups is 1. The van der Waals surface area contributed by atoms with Gasteiger partial charge in [-0.05, 0) is 49.3 Å². The second kappa shape index (κ2) is 8.21. The first-order chi connectivity index (χ1) is 14.1. The van der Waals surface area contributed by atoms with E-state index in [1.807, 2.05) is 0 Å². The van der Waals surface area contributed by atoms with Gasteiger partial charge in [-0.1, -0.05) is 24.3 Å². The zero-order valence-corrected chi connectivity index (χ0v) is 16.5. The first-order valence-electron chi connectivity index (χ1n) is 10.0. The standard InChI is InChI=1S/C22H25N3O4/c1-29-21-13-17(25(27)28)11-12-19(21)23-22(26)14-24(16-9-10-16)20-8-4-6-15-5-2-3-7-18(15)20/h2-3,5,7,11-13,16,20H,4,6,8-10,14H2,1H3,(H,23,26)/t20-/m0/s1. The van der Waals surface area contributed by atoms with E-state index in [-0.39, 0.29) is 23.4 Å². The summed E-state index contributed by atoms with van der Waals surface area (Å²) in [6.45, 7) is 0.295. The molecule has 7 nitrogen and oxygen atoms in total. The summed E-state index contributed by atoms with van der Waals surface area (Å²) in [7, 11) is 1.43. The molecule has 1 saturated carbocycles. The van der Waals surface area contributed by atoms with Gasteiger partial charge in [-0.2, -0.15) is 0 Å². The van der Waals surface area contributed by atoms with Gasteiger partial charge in [-0.25, -0.2) is 0 Å². The number of nitrogens with zero attached hydrogens (tertiary/aromatic N) is 2. The number of rotatable bonds is 7. The maximum Gasteiger partial charge on any atom is 0.273 e. The van der Waals surface area contributed by atoms with Crippen molar-refractivity contribution in [3.8, 4) is 5.75 Å². The minimum atomic E-state index is -0.483. The normalized spacial score (nSPS) is 18.2. The van der Waals surface area contributed by atoms with Crippen molar-refractivity contribution in [2.45, 2.75) is 44.2 Å². The lowest BCUT2D eigenvalue weighted by Crippen LogP contribution is -2.39. The molecule has 0 unspecified atom stereocenters. The molecular weight excluding hydrogens is 370 g/mol. The first-order valence-corrected chi connectivity index (χ1v) is 10.0. The number of non-ortho nitro benzene ring substituents is 1. The molecule has 0 aliphatic heterocycles. The van der Waals surface area contributed by atoms with Gasteiger partial charge in [0.2, 0.25) is 5.91 Å². The summed E-state index contributed by atoms with van der Waals surface area (Å²) >= 11 is 0. The summed E-state index contributed by atoms with van der Waals surface area (Å²) in [6, 6.07) is 13.4. The Morgan fingerprint density at radius 1 is 1.24 bits per heavy atom. The molecule has 4 rings (SSSR count). The lowest BCUT2D eigenvalue weighted by molar-refractivity contribution is -0.384. The second-order valence-corrected chi connectivity index (χ2v) is 7.70. The van der Waals surface area contributed by atoms with Gasteiger partial charge in [0.15, 0.2) is 0 Å². The predicted octanol–water partition coefficient (Wildman–Crippen LogP) is 4.08. The van der Waals surface area contributed by atoms with E-state index in [2.05, 4.69) is 34.5 Å². The summed E-state index contributed by atoms with van der Waals surface area (Å²) in [6.07, 6.45) is 5.52. The van der Waals surface area contributed by atoms with E-state index in [0.29, 0.717) is 18.3 Å². The molecule has 7 heteroatoms. The third-order valence-electron chi connectivity index (χ3n) is 5.75. The van der Waals surface area contributed by atoms with Gasteiger partial charge in [0.1, 0.15) is 5.75 Å². The van der Waals surface area contributed by atoms with Crippen molar-refractivity contribution in [1.82, 2.24) is 4.90 Å². The number of nitro benzene ring substituents is 1. The Morgan fingerprint density at radius 3 is 2.76 bits per heavy atom. The molecule has 2 aromatic carbocycles. The maximum absolute atomic E-state index is 12.9. The molecule has 2 aliphatic rings. The fourth-order valence-corrected chi connectivity index (χ4v) is 4.23. The fourth-order valence-electron chi connectivity index (χ4n) is 4.23. The molecule has 1 atom stereocenters. The van der Waals surface area contributed by atoms with Gasteiger partial charge in [-0.3, -0.25) is 19.8 Å². The van der Waals surface area contributed by atoms with Crippen molar-refractivity contribution in [2.24, 2.45) is 0 Å². The summed E-state index contributed by atoms with van der Waals surface area (Å²) < 4.78 is 5.23. The number of hydrogen-bond acceptors (Lipinski definition) is 5. The largest absolute Gasteiger partial charge is 0.494 e. The van der Waals surface area contributed by atoms with Crippen molar-refractivity contribution < 1.29 is 14.5 Å². The summed E-state index contributed by atoms with van der Waals surface area (Å²) in [4.78, 5) is 25.7. The number of hydrogen-bond donors (Lipinski definition) is 1. The number of nitrogens with one attached hydrogen (secondary N) is 1. The Morgan fingerprint density at radius 2 is 2.03 bits per heavy atom. The van der Waals surface area contributed by atoms with Crippen molar-refractivity contribution >= 4 is 17.3 Å². The smallest absolute Gasteiger partial charge is 0.273 e. The number of carbonyl (C=O) groups excluding carboxylic acids is 1. The van der Waals surface area contributed by atoms with E-state index in [4.69, 9.17) is 4.74 Å². The molecule has 152 valence electrons. The van der Waals surface area contributed by atoms with Gasteiger partial charge in [-0.15, -0.1) is 0 Å². The summed E-state index contributed by atoms with van der Waals surface area (Å²) in [5.74, 6) is 0.153. The third kappa shape index (κ3) is 4.24. The Balaban J connectivity index is 1.51. The van der Waals surface area contributed by atoms with E-state index < -0.39 is 4.92 Å². The predicted molar refractivity (Wildman–Crippen MR) is 110 cm³/mol. The zero-order valence-electron chi connectivity index (χ0n) is 16.5. The van der Waals surface area contributed by atoms with Gasteiger partial charge in [0.05, 0.1) is 30.3 Å². The highest BCUT2D eigenvalue weighted by molar-refractivity contribution is 5.94. The number of anilines is 1. The highest BCUT2D eigenvalue weighted by atomic mass is 16.6. The Kier molecular flexibility index (Phi) is 5.49. The average Bonchev–Trinajstić information content (AvgIpc) is 3.57. The number of fused-ring (bicyclic) bond motifs is 1. The molecule has 0 spiro atoms. The van der Waals surface area contributed by atoms with E-state index in [1.165, 1.54) is 36.4 Å².